The first-order valence-corrected chi connectivity index (χ1v) is 7.28. The Morgan fingerprint density at radius 2 is 1.91 bits per heavy atom. The van der Waals surface area contributed by atoms with E-state index in [0.29, 0.717) is 0 Å². The highest BCUT2D eigenvalue weighted by atomic mass is 32.1. The lowest BCUT2D eigenvalue weighted by Crippen LogP contribution is -2.03. The van der Waals surface area contributed by atoms with Gasteiger partial charge in [0.25, 0.3) is 0 Å². The van der Waals surface area contributed by atoms with Gasteiger partial charge in [-0.1, -0.05) is 6.07 Å². The summed E-state index contributed by atoms with van der Waals surface area (Å²) in [6.07, 6.45) is 3.07. The van der Waals surface area contributed by atoms with Crippen molar-refractivity contribution in [1.82, 2.24) is 0 Å². The Hall–Kier alpha value is -2.47. The second-order valence-electron chi connectivity index (χ2n) is 4.25. The molecule has 5 nitrogen and oxygen atoms in total. The number of thiophene rings is 1. The predicted molar refractivity (Wildman–Crippen MR) is 85.4 cm³/mol. The van der Waals surface area contributed by atoms with Crippen LogP contribution in [0.4, 0.5) is 0 Å². The zero-order chi connectivity index (χ0) is 16.1. The third-order valence-corrected chi connectivity index (χ3v) is 3.85. The molecule has 0 atom stereocenters. The molecule has 0 unspecified atom stereocenters. The number of methoxy groups -OCH3 is 3. The molecule has 1 aromatic heterocycles. The minimum absolute atomic E-state index is 0.0351. The van der Waals surface area contributed by atoms with Crippen LogP contribution in [0.25, 0.3) is 6.08 Å². The van der Waals surface area contributed by atoms with Gasteiger partial charge in [0.05, 0.1) is 21.3 Å². The van der Waals surface area contributed by atoms with Crippen molar-refractivity contribution in [3.63, 3.8) is 0 Å². The first-order chi connectivity index (χ1) is 10.6. The van der Waals surface area contributed by atoms with Gasteiger partial charge in [0.1, 0.15) is 11.3 Å². The van der Waals surface area contributed by atoms with Crippen LogP contribution >= 0.6 is 11.3 Å². The van der Waals surface area contributed by atoms with Crippen LogP contribution in [0, 0.1) is 0 Å². The van der Waals surface area contributed by atoms with E-state index in [1.807, 2.05) is 17.5 Å². The minimum Gasteiger partial charge on any atom is -0.504 e. The van der Waals surface area contributed by atoms with Gasteiger partial charge in [0.15, 0.2) is 17.3 Å². The number of benzene rings is 1. The molecule has 0 bridgehead atoms. The Labute approximate surface area is 132 Å². The van der Waals surface area contributed by atoms with Gasteiger partial charge < -0.3 is 19.3 Å². The van der Waals surface area contributed by atoms with Crippen LogP contribution in [0.5, 0.6) is 23.0 Å². The highest BCUT2D eigenvalue weighted by molar-refractivity contribution is 7.10. The third kappa shape index (κ3) is 3.07. The van der Waals surface area contributed by atoms with Gasteiger partial charge >= 0.3 is 0 Å². The fraction of sp³-hybridized carbons (Fsp3) is 0.188. The molecule has 2 rings (SSSR count). The maximum Gasteiger partial charge on any atom is 0.204 e. The first kappa shape index (κ1) is 15.9. The van der Waals surface area contributed by atoms with Gasteiger partial charge in [-0.2, -0.15) is 0 Å². The molecular formula is C16H16O5S. The maximum atomic E-state index is 12.4. The van der Waals surface area contributed by atoms with E-state index >= 15 is 0 Å². The van der Waals surface area contributed by atoms with Crippen molar-refractivity contribution in [3.05, 3.63) is 40.1 Å². The summed E-state index contributed by atoms with van der Waals surface area (Å²) < 4.78 is 15.4. The van der Waals surface area contributed by atoms with Crippen molar-refractivity contribution < 1.29 is 24.1 Å². The van der Waals surface area contributed by atoms with Crippen LogP contribution < -0.4 is 14.2 Å². The second kappa shape index (κ2) is 7.00. The number of ketones is 1. The molecule has 0 radical (unpaired) electrons. The number of hydrogen-bond acceptors (Lipinski definition) is 6. The SMILES string of the molecule is COc1cc(OC)c(C(=O)/C=C/c2cccs2)c(O)c1OC. The van der Waals surface area contributed by atoms with Crippen LogP contribution in [0.3, 0.4) is 0 Å². The van der Waals surface area contributed by atoms with Crippen molar-refractivity contribution in [2.24, 2.45) is 0 Å². The molecule has 2 aromatic rings. The van der Waals surface area contributed by atoms with Gasteiger partial charge in [-0.3, -0.25) is 4.79 Å². The number of rotatable bonds is 6. The van der Waals surface area contributed by atoms with E-state index in [1.165, 1.54) is 44.8 Å². The minimum atomic E-state index is -0.385. The molecule has 1 heterocycles. The molecule has 0 aliphatic rings. The molecule has 1 aromatic carbocycles. The summed E-state index contributed by atoms with van der Waals surface area (Å²) in [7, 11) is 4.25. The maximum absolute atomic E-state index is 12.4. The molecule has 0 fully saturated rings. The summed E-state index contributed by atoms with van der Waals surface area (Å²) >= 11 is 1.51. The summed E-state index contributed by atoms with van der Waals surface area (Å²) in [5.74, 6) is -0.0916. The lowest BCUT2D eigenvalue weighted by atomic mass is 10.1. The van der Waals surface area contributed by atoms with Gasteiger partial charge in [0, 0.05) is 10.9 Å². The van der Waals surface area contributed by atoms with Gasteiger partial charge in [-0.05, 0) is 23.6 Å². The second-order valence-corrected chi connectivity index (χ2v) is 5.23. The number of ether oxygens (including phenoxy) is 3. The van der Waals surface area contributed by atoms with Crippen LogP contribution in [0.2, 0.25) is 0 Å². The van der Waals surface area contributed by atoms with Crippen LogP contribution in [0.15, 0.2) is 29.7 Å². The molecule has 0 aliphatic carbocycles. The quantitative estimate of drug-likeness (QED) is 0.653. The average molecular weight is 320 g/mol. The largest absolute Gasteiger partial charge is 0.504 e. The summed E-state index contributed by atoms with van der Waals surface area (Å²) in [5.41, 5.74) is 0.0351. The molecule has 22 heavy (non-hydrogen) atoms. The standard InChI is InChI=1S/C16H16O5S/c1-19-12-9-13(20-2)16(21-3)15(18)14(12)11(17)7-6-10-5-4-8-22-10/h4-9,18H,1-3H3/b7-6+. The Bertz CT molecular complexity index is 689. The Kier molecular flexibility index (Phi) is 5.06. The highest BCUT2D eigenvalue weighted by Crippen LogP contribution is 2.44. The summed E-state index contributed by atoms with van der Waals surface area (Å²) in [4.78, 5) is 13.3. The fourth-order valence-electron chi connectivity index (χ4n) is 1.98. The number of phenols is 1. The molecule has 116 valence electrons. The van der Waals surface area contributed by atoms with E-state index in [4.69, 9.17) is 14.2 Å². The van der Waals surface area contributed by atoms with Crippen molar-refractivity contribution in [3.8, 4) is 23.0 Å². The number of phenolic OH excluding ortho intramolecular Hbond substituents is 1. The summed E-state index contributed by atoms with van der Waals surface area (Å²) in [5, 5.41) is 12.2. The van der Waals surface area contributed by atoms with E-state index in [9.17, 15) is 9.90 Å². The lowest BCUT2D eigenvalue weighted by molar-refractivity contribution is 0.104. The molecule has 0 saturated carbocycles. The molecule has 1 N–H and O–H groups in total. The van der Waals surface area contributed by atoms with E-state index < -0.39 is 0 Å². The zero-order valence-electron chi connectivity index (χ0n) is 12.5. The van der Waals surface area contributed by atoms with Crippen LogP contribution in [-0.2, 0) is 0 Å². The number of carbonyl (C=O) groups is 1. The third-order valence-electron chi connectivity index (χ3n) is 3.02. The normalized spacial score (nSPS) is 10.7. The van der Waals surface area contributed by atoms with E-state index in [-0.39, 0.29) is 34.3 Å². The van der Waals surface area contributed by atoms with Crippen LogP contribution in [-0.4, -0.2) is 32.2 Å². The highest BCUT2D eigenvalue weighted by Gasteiger charge is 2.23. The molecule has 0 spiro atoms. The van der Waals surface area contributed by atoms with E-state index in [0.717, 1.165) is 4.88 Å². The zero-order valence-corrected chi connectivity index (χ0v) is 13.3. The predicted octanol–water partition coefficient (Wildman–Crippen LogP) is 3.38. The van der Waals surface area contributed by atoms with Gasteiger partial charge in [0.2, 0.25) is 5.75 Å². The Balaban J connectivity index is 2.46. The molecule has 0 amide bonds. The van der Waals surface area contributed by atoms with Crippen molar-refractivity contribution in [2.45, 2.75) is 0 Å². The monoisotopic (exact) mass is 320 g/mol. The van der Waals surface area contributed by atoms with Crippen molar-refractivity contribution in [1.29, 1.82) is 0 Å². The molecule has 0 aliphatic heterocycles. The van der Waals surface area contributed by atoms with Crippen LogP contribution in [0.1, 0.15) is 15.2 Å². The van der Waals surface area contributed by atoms with E-state index in [2.05, 4.69) is 0 Å². The van der Waals surface area contributed by atoms with E-state index in [1.54, 1.807) is 6.08 Å². The summed E-state index contributed by atoms with van der Waals surface area (Å²) in [6.45, 7) is 0. The van der Waals surface area contributed by atoms with Gasteiger partial charge in [-0.25, -0.2) is 0 Å². The molecule has 0 saturated heterocycles. The number of carbonyl (C=O) groups excluding carboxylic acids is 1. The topological polar surface area (TPSA) is 65.0 Å². The Morgan fingerprint density at radius 1 is 1.18 bits per heavy atom. The smallest absolute Gasteiger partial charge is 0.204 e. The van der Waals surface area contributed by atoms with Crippen molar-refractivity contribution in [2.75, 3.05) is 21.3 Å². The first-order valence-electron chi connectivity index (χ1n) is 6.40. The van der Waals surface area contributed by atoms with Gasteiger partial charge in [-0.15, -0.1) is 11.3 Å². The number of allylic oxidation sites excluding steroid dienone is 1. The fourth-order valence-corrected chi connectivity index (χ4v) is 2.60. The number of aromatic hydroxyl groups is 1. The number of hydrogen-bond donors (Lipinski definition) is 1. The molecule has 6 heteroatoms. The average Bonchev–Trinajstić information content (AvgIpc) is 3.04. The molecular weight excluding hydrogens is 304 g/mol. The lowest BCUT2D eigenvalue weighted by Gasteiger charge is -2.15. The Morgan fingerprint density at radius 3 is 2.45 bits per heavy atom. The summed E-state index contributed by atoms with van der Waals surface area (Å²) in [6, 6.07) is 5.29. The van der Waals surface area contributed by atoms with Crippen molar-refractivity contribution >= 4 is 23.2 Å².